The van der Waals surface area contributed by atoms with E-state index in [4.69, 9.17) is 0 Å². The van der Waals surface area contributed by atoms with E-state index < -0.39 is 0 Å². The van der Waals surface area contributed by atoms with Gasteiger partial charge in [-0.2, -0.15) is 0 Å². The molecule has 3 aliphatic rings. The lowest BCUT2D eigenvalue weighted by Gasteiger charge is -2.41. The van der Waals surface area contributed by atoms with Crippen LogP contribution in [-0.4, -0.2) is 47.2 Å². The van der Waals surface area contributed by atoms with Gasteiger partial charge in [0.15, 0.2) is 0 Å². The summed E-state index contributed by atoms with van der Waals surface area (Å²) in [6.07, 6.45) is 6.72. The molecule has 0 spiro atoms. The Kier molecular flexibility index (Phi) is 4.79. The molecule has 2 atom stereocenters. The highest BCUT2D eigenvalue weighted by molar-refractivity contribution is 6.09. The molecule has 0 aromatic heterocycles. The SMILES string of the molecule is O=C(CCN1C(=O)Cc2ccccc2C1=O)N1CC[C@@H]2CCCC[C@@H]2C1. The molecule has 1 aromatic rings. The van der Waals surface area contributed by atoms with Crippen LogP contribution in [0.5, 0.6) is 0 Å². The fourth-order valence-corrected chi connectivity index (χ4v) is 4.82. The Morgan fingerprint density at radius 3 is 2.65 bits per heavy atom. The second-order valence-electron chi connectivity index (χ2n) is 7.87. The maximum atomic E-state index is 12.7. The monoisotopic (exact) mass is 354 g/mol. The fraction of sp³-hybridized carbons (Fsp3) is 0.571. The number of hydrogen-bond acceptors (Lipinski definition) is 3. The van der Waals surface area contributed by atoms with Gasteiger partial charge in [-0.3, -0.25) is 19.3 Å². The van der Waals surface area contributed by atoms with E-state index in [1.807, 2.05) is 23.1 Å². The van der Waals surface area contributed by atoms with Crippen molar-refractivity contribution in [1.82, 2.24) is 9.80 Å². The summed E-state index contributed by atoms with van der Waals surface area (Å²) in [7, 11) is 0. The lowest BCUT2D eigenvalue weighted by Crippen LogP contribution is -2.47. The first-order chi connectivity index (χ1) is 12.6. The second-order valence-corrected chi connectivity index (χ2v) is 7.87. The molecule has 0 unspecified atom stereocenters. The quantitative estimate of drug-likeness (QED) is 0.784. The van der Waals surface area contributed by atoms with E-state index in [0.29, 0.717) is 11.5 Å². The summed E-state index contributed by atoms with van der Waals surface area (Å²) in [5.74, 6) is 1.04. The van der Waals surface area contributed by atoms with Crippen LogP contribution in [0.2, 0.25) is 0 Å². The lowest BCUT2D eigenvalue weighted by molar-refractivity contribution is -0.135. The summed E-state index contributed by atoms with van der Waals surface area (Å²) in [6, 6.07) is 7.23. The summed E-state index contributed by atoms with van der Waals surface area (Å²) in [5, 5.41) is 0. The third-order valence-electron chi connectivity index (χ3n) is 6.33. The lowest BCUT2D eigenvalue weighted by atomic mass is 9.75. The number of rotatable bonds is 3. The number of carbonyl (C=O) groups excluding carboxylic acids is 3. The van der Waals surface area contributed by atoms with Crippen molar-refractivity contribution in [2.45, 2.75) is 44.9 Å². The topological polar surface area (TPSA) is 57.7 Å². The average Bonchev–Trinajstić information content (AvgIpc) is 2.67. The van der Waals surface area contributed by atoms with Gasteiger partial charge in [-0.05, 0) is 36.3 Å². The minimum Gasteiger partial charge on any atom is -0.342 e. The number of carbonyl (C=O) groups is 3. The Bertz CT molecular complexity index is 730. The predicted octanol–water partition coefficient (Wildman–Crippen LogP) is 2.64. The van der Waals surface area contributed by atoms with E-state index in [1.165, 1.54) is 30.6 Å². The van der Waals surface area contributed by atoms with E-state index >= 15 is 0 Å². The molecular weight excluding hydrogens is 328 g/mol. The number of benzene rings is 1. The van der Waals surface area contributed by atoms with Crippen LogP contribution in [0.25, 0.3) is 0 Å². The number of fused-ring (bicyclic) bond motifs is 2. The first kappa shape index (κ1) is 17.3. The molecule has 0 N–H and O–H groups in total. The predicted molar refractivity (Wildman–Crippen MR) is 97.5 cm³/mol. The Morgan fingerprint density at radius 1 is 1.04 bits per heavy atom. The minimum atomic E-state index is -0.268. The van der Waals surface area contributed by atoms with Gasteiger partial charge in [0.1, 0.15) is 0 Å². The number of nitrogens with zero attached hydrogens (tertiary/aromatic N) is 2. The van der Waals surface area contributed by atoms with E-state index in [1.54, 1.807) is 6.07 Å². The largest absolute Gasteiger partial charge is 0.342 e. The molecule has 5 nitrogen and oxygen atoms in total. The van der Waals surface area contributed by atoms with Crippen LogP contribution < -0.4 is 0 Å². The normalized spacial score (nSPS) is 25.7. The van der Waals surface area contributed by atoms with Crippen molar-refractivity contribution < 1.29 is 14.4 Å². The van der Waals surface area contributed by atoms with Crippen LogP contribution >= 0.6 is 0 Å². The summed E-state index contributed by atoms with van der Waals surface area (Å²) in [4.78, 5) is 40.8. The Hall–Kier alpha value is -2.17. The summed E-state index contributed by atoms with van der Waals surface area (Å²) < 4.78 is 0. The third-order valence-corrected chi connectivity index (χ3v) is 6.33. The maximum Gasteiger partial charge on any atom is 0.260 e. The van der Waals surface area contributed by atoms with E-state index in [0.717, 1.165) is 31.0 Å². The highest BCUT2D eigenvalue weighted by Gasteiger charge is 2.34. The van der Waals surface area contributed by atoms with Gasteiger partial charge in [-0.1, -0.05) is 37.5 Å². The zero-order valence-corrected chi connectivity index (χ0v) is 15.2. The number of piperidine rings is 1. The highest BCUT2D eigenvalue weighted by Crippen LogP contribution is 2.36. The number of amides is 3. The maximum absolute atomic E-state index is 12.7. The molecule has 26 heavy (non-hydrogen) atoms. The zero-order chi connectivity index (χ0) is 18.1. The average molecular weight is 354 g/mol. The molecular formula is C21H26N2O3. The van der Waals surface area contributed by atoms with Crippen molar-refractivity contribution in [3.8, 4) is 0 Å². The van der Waals surface area contributed by atoms with Gasteiger partial charge < -0.3 is 4.90 Å². The molecule has 1 saturated heterocycles. The van der Waals surface area contributed by atoms with Gasteiger partial charge in [0.25, 0.3) is 5.91 Å². The third kappa shape index (κ3) is 3.27. The van der Waals surface area contributed by atoms with Crippen molar-refractivity contribution in [2.24, 2.45) is 11.8 Å². The van der Waals surface area contributed by atoms with E-state index in [2.05, 4.69) is 0 Å². The first-order valence-electron chi connectivity index (χ1n) is 9.84. The number of likely N-dealkylation sites (tertiary alicyclic amines) is 1. The molecule has 2 fully saturated rings. The molecule has 3 amide bonds. The molecule has 0 bridgehead atoms. The van der Waals surface area contributed by atoms with Crippen molar-refractivity contribution in [1.29, 1.82) is 0 Å². The molecule has 2 heterocycles. The zero-order valence-electron chi connectivity index (χ0n) is 15.2. The van der Waals surface area contributed by atoms with Crippen LogP contribution in [0.1, 0.15) is 54.4 Å². The fourth-order valence-electron chi connectivity index (χ4n) is 4.82. The first-order valence-corrected chi connectivity index (χ1v) is 9.84. The molecule has 1 saturated carbocycles. The van der Waals surface area contributed by atoms with Gasteiger partial charge in [0.2, 0.25) is 11.8 Å². The van der Waals surface area contributed by atoms with Gasteiger partial charge in [-0.25, -0.2) is 0 Å². The number of hydrogen-bond donors (Lipinski definition) is 0. The molecule has 1 aliphatic carbocycles. The van der Waals surface area contributed by atoms with Gasteiger partial charge in [0, 0.05) is 31.6 Å². The van der Waals surface area contributed by atoms with Gasteiger partial charge in [0.05, 0.1) is 6.42 Å². The Balaban J connectivity index is 1.36. The van der Waals surface area contributed by atoms with Crippen LogP contribution in [0.3, 0.4) is 0 Å². The van der Waals surface area contributed by atoms with Gasteiger partial charge >= 0.3 is 0 Å². The smallest absolute Gasteiger partial charge is 0.260 e. The molecule has 4 rings (SSSR count). The van der Waals surface area contributed by atoms with Crippen LogP contribution in [0, 0.1) is 11.8 Å². The summed E-state index contributed by atoms with van der Waals surface area (Å²) in [6.45, 7) is 1.87. The molecule has 1 aromatic carbocycles. The molecule has 2 aliphatic heterocycles. The van der Waals surface area contributed by atoms with Crippen LogP contribution in [0.4, 0.5) is 0 Å². The molecule has 5 heteroatoms. The standard InChI is InChI=1S/C21H26N2O3/c24-19(22-11-9-15-5-1-2-7-17(15)14-22)10-12-23-20(25)13-16-6-3-4-8-18(16)21(23)26/h3-4,6,8,15,17H,1-2,5,7,9-14H2/t15-,17+/m0/s1. The Morgan fingerprint density at radius 2 is 1.81 bits per heavy atom. The minimum absolute atomic E-state index is 0.0773. The summed E-state index contributed by atoms with van der Waals surface area (Å²) >= 11 is 0. The van der Waals surface area contributed by atoms with Gasteiger partial charge in [-0.15, -0.1) is 0 Å². The second kappa shape index (κ2) is 7.22. The van der Waals surface area contributed by atoms with Crippen molar-refractivity contribution in [3.05, 3.63) is 35.4 Å². The van der Waals surface area contributed by atoms with Crippen molar-refractivity contribution in [2.75, 3.05) is 19.6 Å². The van der Waals surface area contributed by atoms with Crippen molar-refractivity contribution in [3.63, 3.8) is 0 Å². The Labute approximate surface area is 154 Å². The molecule has 0 radical (unpaired) electrons. The van der Waals surface area contributed by atoms with Crippen molar-refractivity contribution >= 4 is 17.7 Å². The van der Waals surface area contributed by atoms with Crippen LogP contribution in [0.15, 0.2) is 24.3 Å². The van der Waals surface area contributed by atoms with Crippen LogP contribution in [-0.2, 0) is 16.0 Å². The highest BCUT2D eigenvalue weighted by atomic mass is 16.2. The molecule has 138 valence electrons. The van der Waals surface area contributed by atoms with E-state index in [9.17, 15) is 14.4 Å². The van der Waals surface area contributed by atoms with E-state index in [-0.39, 0.29) is 37.1 Å². The summed E-state index contributed by atoms with van der Waals surface area (Å²) in [5.41, 5.74) is 1.37. The number of imide groups is 1.